The van der Waals surface area contributed by atoms with Crippen LogP contribution in [-0.2, 0) is 6.42 Å². The van der Waals surface area contributed by atoms with Crippen LogP contribution in [0.3, 0.4) is 0 Å². The molecule has 1 aromatic rings. The van der Waals surface area contributed by atoms with Gasteiger partial charge in [-0.1, -0.05) is 13.8 Å². The first kappa shape index (κ1) is 11.2. The van der Waals surface area contributed by atoms with E-state index in [1.54, 1.807) is 12.1 Å². The number of nitrogens with zero attached hydrogens (tertiary/aromatic N) is 1. The van der Waals surface area contributed by atoms with Gasteiger partial charge in [-0.3, -0.25) is 4.98 Å². The molecule has 0 spiro atoms. The van der Waals surface area contributed by atoms with Crippen LogP contribution in [0.25, 0.3) is 0 Å². The summed E-state index contributed by atoms with van der Waals surface area (Å²) < 4.78 is 0. The summed E-state index contributed by atoms with van der Waals surface area (Å²) in [6.45, 7) is 6.08. The van der Waals surface area contributed by atoms with Crippen molar-refractivity contribution in [3.63, 3.8) is 0 Å². The Hall–Kier alpha value is -0.865. The van der Waals surface area contributed by atoms with E-state index in [1.807, 2.05) is 6.92 Å². The molecule has 0 aliphatic heterocycles. The Morgan fingerprint density at radius 3 is 2.50 bits per heavy atom. The van der Waals surface area contributed by atoms with E-state index in [-0.39, 0.29) is 0 Å². The minimum Gasteiger partial charge on any atom is -0.423 e. The van der Waals surface area contributed by atoms with Crippen molar-refractivity contribution in [1.82, 2.24) is 4.98 Å². The molecule has 1 rings (SSSR count). The van der Waals surface area contributed by atoms with Gasteiger partial charge in [0, 0.05) is 11.4 Å². The van der Waals surface area contributed by atoms with Gasteiger partial charge in [-0.25, -0.2) is 0 Å². The summed E-state index contributed by atoms with van der Waals surface area (Å²) in [5, 5.41) is 18.1. The van der Waals surface area contributed by atoms with Gasteiger partial charge in [0.2, 0.25) is 0 Å². The molecule has 0 aliphatic rings. The Labute approximate surface area is 85.0 Å². The highest BCUT2D eigenvalue weighted by atomic mass is 16.4. The maximum Gasteiger partial charge on any atom is 0.488 e. The third-order valence-corrected chi connectivity index (χ3v) is 1.94. The Balaban J connectivity index is 2.95. The van der Waals surface area contributed by atoms with Crippen LogP contribution in [0.15, 0.2) is 12.1 Å². The van der Waals surface area contributed by atoms with Crippen LogP contribution < -0.4 is 5.46 Å². The standard InChI is InChI=1S/C10H16BNO2/c1-7(2)4-10-6-9(11(13)14)5-8(3)12-10/h5-7,13-14H,4H2,1-3H3. The van der Waals surface area contributed by atoms with Gasteiger partial charge in [0.05, 0.1) is 0 Å². The van der Waals surface area contributed by atoms with Crippen LogP contribution in [0.5, 0.6) is 0 Å². The molecular weight excluding hydrogens is 177 g/mol. The summed E-state index contributed by atoms with van der Waals surface area (Å²) in [5.41, 5.74) is 2.27. The van der Waals surface area contributed by atoms with E-state index < -0.39 is 7.12 Å². The second-order valence-electron chi connectivity index (χ2n) is 4.00. The van der Waals surface area contributed by atoms with Crippen LogP contribution in [0.4, 0.5) is 0 Å². The zero-order chi connectivity index (χ0) is 10.7. The molecule has 0 bridgehead atoms. The summed E-state index contributed by atoms with van der Waals surface area (Å²) >= 11 is 0. The molecule has 1 aromatic heterocycles. The molecule has 2 N–H and O–H groups in total. The summed E-state index contributed by atoms with van der Waals surface area (Å²) in [5.74, 6) is 0.521. The van der Waals surface area contributed by atoms with Crippen LogP contribution in [-0.4, -0.2) is 22.2 Å². The Morgan fingerprint density at radius 2 is 2.00 bits per heavy atom. The molecule has 0 saturated heterocycles. The molecule has 76 valence electrons. The first-order valence-electron chi connectivity index (χ1n) is 4.82. The topological polar surface area (TPSA) is 53.4 Å². The molecule has 3 nitrogen and oxygen atoms in total. The Bertz CT molecular complexity index is 313. The largest absolute Gasteiger partial charge is 0.488 e. The fourth-order valence-electron chi connectivity index (χ4n) is 1.44. The fraction of sp³-hybridized carbons (Fsp3) is 0.500. The number of aromatic nitrogens is 1. The molecule has 0 fully saturated rings. The number of pyridine rings is 1. The second-order valence-corrected chi connectivity index (χ2v) is 4.00. The van der Waals surface area contributed by atoms with Crippen molar-refractivity contribution >= 4 is 12.6 Å². The molecule has 0 amide bonds. The van der Waals surface area contributed by atoms with E-state index in [2.05, 4.69) is 18.8 Å². The van der Waals surface area contributed by atoms with Crippen molar-refractivity contribution in [3.8, 4) is 0 Å². The molecular formula is C10H16BNO2. The predicted octanol–water partition coefficient (Wildman–Crippen LogP) is 0.268. The summed E-state index contributed by atoms with van der Waals surface area (Å²) in [6, 6.07) is 3.44. The zero-order valence-corrected chi connectivity index (χ0v) is 8.86. The normalized spacial score (nSPS) is 10.7. The van der Waals surface area contributed by atoms with Gasteiger partial charge in [-0.2, -0.15) is 0 Å². The number of rotatable bonds is 3. The first-order valence-corrected chi connectivity index (χ1v) is 4.82. The summed E-state index contributed by atoms with van der Waals surface area (Å²) in [6.07, 6.45) is 0.862. The monoisotopic (exact) mass is 193 g/mol. The van der Waals surface area contributed by atoms with Gasteiger partial charge in [0.15, 0.2) is 0 Å². The quantitative estimate of drug-likeness (QED) is 0.677. The highest BCUT2D eigenvalue weighted by Crippen LogP contribution is 2.05. The predicted molar refractivity (Wildman–Crippen MR) is 57.3 cm³/mol. The van der Waals surface area contributed by atoms with Gasteiger partial charge < -0.3 is 10.0 Å². The third kappa shape index (κ3) is 3.12. The van der Waals surface area contributed by atoms with E-state index in [9.17, 15) is 0 Å². The van der Waals surface area contributed by atoms with Crippen molar-refractivity contribution < 1.29 is 10.0 Å². The zero-order valence-electron chi connectivity index (χ0n) is 8.86. The smallest absolute Gasteiger partial charge is 0.423 e. The van der Waals surface area contributed by atoms with Crippen molar-refractivity contribution in [2.75, 3.05) is 0 Å². The number of aryl methyl sites for hydroxylation is 1. The lowest BCUT2D eigenvalue weighted by molar-refractivity contribution is 0.425. The lowest BCUT2D eigenvalue weighted by Gasteiger charge is -2.07. The first-order chi connectivity index (χ1) is 6.49. The second kappa shape index (κ2) is 4.57. The number of hydrogen-bond donors (Lipinski definition) is 2. The third-order valence-electron chi connectivity index (χ3n) is 1.94. The SMILES string of the molecule is Cc1cc(B(O)O)cc(CC(C)C)n1. The van der Waals surface area contributed by atoms with E-state index in [0.29, 0.717) is 11.4 Å². The fourth-order valence-corrected chi connectivity index (χ4v) is 1.44. The minimum absolute atomic E-state index is 0.521. The molecule has 0 saturated carbocycles. The van der Waals surface area contributed by atoms with Crippen LogP contribution in [0.2, 0.25) is 0 Å². The molecule has 14 heavy (non-hydrogen) atoms. The van der Waals surface area contributed by atoms with Gasteiger partial charge in [0.1, 0.15) is 0 Å². The maximum atomic E-state index is 9.03. The van der Waals surface area contributed by atoms with E-state index in [1.165, 1.54) is 0 Å². The van der Waals surface area contributed by atoms with Crippen LogP contribution >= 0.6 is 0 Å². The molecule has 0 radical (unpaired) electrons. The van der Waals surface area contributed by atoms with Crippen molar-refractivity contribution in [2.24, 2.45) is 5.92 Å². The van der Waals surface area contributed by atoms with Gasteiger partial charge in [0.25, 0.3) is 0 Å². The van der Waals surface area contributed by atoms with Gasteiger partial charge in [-0.05, 0) is 36.9 Å². The highest BCUT2D eigenvalue weighted by molar-refractivity contribution is 6.58. The molecule has 0 unspecified atom stereocenters. The minimum atomic E-state index is -1.40. The Kier molecular flexibility index (Phi) is 3.66. The van der Waals surface area contributed by atoms with Gasteiger partial charge in [-0.15, -0.1) is 0 Å². The molecule has 1 heterocycles. The van der Waals surface area contributed by atoms with E-state index in [4.69, 9.17) is 10.0 Å². The van der Waals surface area contributed by atoms with Crippen LogP contribution in [0, 0.1) is 12.8 Å². The highest BCUT2D eigenvalue weighted by Gasteiger charge is 2.13. The lowest BCUT2D eigenvalue weighted by atomic mass is 9.80. The van der Waals surface area contributed by atoms with Gasteiger partial charge >= 0.3 is 7.12 Å². The summed E-state index contributed by atoms with van der Waals surface area (Å²) in [7, 11) is -1.40. The summed E-state index contributed by atoms with van der Waals surface area (Å²) in [4.78, 5) is 4.33. The Morgan fingerprint density at radius 1 is 1.36 bits per heavy atom. The van der Waals surface area contributed by atoms with Crippen molar-refractivity contribution in [1.29, 1.82) is 0 Å². The average molecular weight is 193 g/mol. The number of hydrogen-bond acceptors (Lipinski definition) is 3. The van der Waals surface area contributed by atoms with Crippen molar-refractivity contribution in [2.45, 2.75) is 27.2 Å². The average Bonchev–Trinajstić information content (AvgIpc) is 2.01. The lowest BCUT2D eigenvalue weighted by Crippen LogP contribution is -2.31. The molecule has 0 aromatic carbocycles. The maximum absolute atomic E-state index is 9.03. The molecule has 0 atom stereocenters. The van der Waals surface area contributed by atoms with Crippen molar-refractivity contribution in [3.05, 3.63) is 23.5 Å². The molecule has 0 aliphatic carbocycles. The van der Waals surface area contributed by atoms with Crippen LogP contribution in [0.1, 0.15) is 25.2 Å². The molecule has 4 heteroatoms. The van der Waals surface area contributed by atoms with E-state index in [0.717, 1.165) is 17.8 Å². The van der Waals surface area contributed by atoms with E-state index >= 15 is 0 Å².